The van der Waals surface area contributed by atoms with Gasteiger partial charge in [0.1, 0.15) is 0 Å². The van der Waals surface area contributed by atoms with Crippen LogP contribution in [0.3, 0.4) is 0 Å². The van der Waals surface area contributed by atoms with Crippen LogP contribution in [0.4, 0.5) is 0 Å². The fourth-order valence-corrected chi connectivity index (χ4v) is 0.912. The average molecular weight is 186 g/mol. The largest absolute Gasteiger partial charge is 0.480 e. The van der Waals surface area contributed by atoms with Crippen LogP contribution in [-0.2, 0) is 9.59 Å². The van der Waals surface area contributed by atoms with Gasteiger partial charge >= 0.3 is 11.9 Å². The Morgan fingerprint density at radius 2 is 1.31 bits per heavy atom. The van der Waals surface area contributed by atoms with Crippen LogP contribution in [-0.4, -0.2) is 22.2 Å². The van der Waals surface area contributed by atoms with Crippen LogP contribution in [0.1, 0.15) is 27.7 Å². The maximum absolute atomic E-state index is 10.8. The molecular weight excluding hydrogens is 172 g/mol. The van der Waals surface area contributed by atoms with Crippen molar-refractivity contribution in [3.8, 4) is 0 Å². The van der Waals surface area contributed by atoms with Gasteiger partial charge in [0.2, 0.25) is 0 Å². The molecule has 2 N–H and O–H groups in total. The molecule has 0 spiro atoms. The Labute approximate surface area is 76.9 Å². The van der Waals surface area contributed by atoms with Gasteiger partial charge in [-0.15, -0.1) is 0 Å². The van der Waals surface area contributed by atoms with Gasteiger partial charge in [-0.2, -0.15) is 0 Å². The van der Waals surface area contributed by atoms with Crippen molar-refractivity contribution in [1.29, 1.82) is 0 Å². The summed E-state index contributed by atoms with van der Waals surface area (Å²) in [6, 6.07) is 0. The summed E-state index contributed by atoms with van der Waals surface area (Å²) in [5.41, 5.74) is -0.724. The number of hydrogen-bond donors (Lipinski definition) is 2. The highest BCUT2D eigenvalue weighted by molar-refractivity contribution is 6.01. The van der Waals surface area contributed by atoms with Crippen molar-refractivity contribution >= 4 is 11.9 Å². The number of hydrogen-bond acceptors (Lipinski definition) is 2. The molecule has 0 bridgehead atoms. The summed E-state index contributed by atoms with van der Waals surface area (Å²) in [4.78, 5) is 21.6. The van der Waals surface area contributed by atoms with Gasteiger partial charge < -0.3 is 10.2 Å². The summed E-state index contributed by atoms with van der Waals surface area (Å²) in [5, 5.41) is 17.6. The van der Waals surface area contributed by atoms with Gasteiger partial charge in [-0.05, 0) is 33.3 Å². The predicted molar refractivity (Wildman–Crippen MR) is 47.4 cm³/mol. The molecule has 0 aromatic rings. The second-order valence-corrected chi connectivity index (χ2v) is 3.36. The van der Waals surface area contributed by atoms with E-state index in [2.05, 4.69) is 0 Å². The quantitative estimate of drug-likeness (QED) is 0.517. The van der Waals surface area contributed by atoms with Crippen molar-refractivity contribution in [1.82, 2.24) is 0 Å². The van der Waals surface area contributed by atoms with Gasteiger partial charge in [0.05, 0.1) is 0 Å². The first kappa shape index (κ1) is 11.7. The van der Waals surface area contributed by atoms with E-state index in [9.17, 15) is 9.59 Å². The highest BCUT2D eigenvalue weighted by Gasteiger charge is 2.43. The molecule has 0 aliphatic rings. The molecule has 0 saturated carbocycles. The van der Waals surface area contributed by atoms with E-state index >= 15 is 0 Å². The molecule has 0 rings (SSSR count). The summed E-state index contributed by atoms with van der Waals surface area (Å²) >= 11 is 0. The van der Waals surface area contributed by atoms with E-state index in [0.717, 1.165) is 0 Å². The number of aliphatic carboxylic acids is 2. The zero-order valence-corrected chi connectivity index (χ0v) is 8.21. The third-order valence-corrected chi connectivity index (χ3v) is 2.36. The van der Waals surface area contributed by atoms with E-state index in [1.54, 1.807) is 13.8 Å². The monoisotopic (exact) mass is 186 g/mol. The molecule has 0 heterocycles. The first-order valence-electron chi connectivity index (χ1n) is 3.86. The summed E-state index contributed by atoms with van der Waals surface area (Å²) in [6.07, 6.45) is 0. The van der Waals surface area contributed by atoms with Crippen molar-refractivity contribution in [2.45, 2.75) is 27.7 Å². The molecule has 0 aromatic carbocycles. The Morgan fingerprint density at radius 1 is 1.00 bits per heavy atom. The molecule has 0 fully saturated rings. The van der Waals surface area contributed by atoms with Crippen LogP contribution in [0.5, 0.6) is 0 Å². The lowest BCUT2D eigenvalue weighted by Gasteiger charge is -2.21. The topological polar surface area (TPSA) is 74.6 Å². The molecule has 4 nitrogen and oxygen atoms in total. The summed E-state index contributed by atoms with van der Waals surface area (Å²) < 4.78 is 0. The molecule has 0 amide bonds. The van der Waals surface area contributed by atoms with Crippen LogP contribution >= 0.6 is 0 Å². The van der Waals surface area contributed by atoms with Gasteiger partial charge in [-0.1, -0.05) is 5.57 Å². The Hall–Kier alpha value is -1.32. The molecule has 0 atom stereocenters. The molecule has 0 radical (unpaired) electrons. The first-order chi connectivity index (χ1) is 5.74. The van der Waals surface area contributed by atoms with E-state index in [1.165, 1.54) is 13.8 Å². The zero-order valence-electron chi connectivity index (χ0n) is 8.21. The SMILES string of the molecule is CC(C)=C(C)C(C)(C(=O)O)C(=O)O. The van der Waals surface area contributed by atoms with Crippen LogP contribution in [0.25, 0.3) is 0 Å². The molecule has 0 saturated heterocycles. The maximum Gasteiger partial charge on any atom is 0.324 e. The number of carboxylic acids is 2. The normalized spacial score (nSPS) is 10.8. The Morgan fingerprint density at radius 3 is 1.38 bits per heavy atom. The van der Waals surface area contributed by atoms with Gasteiger partial charge in [-0.25, -0.2) is 0 Å². The summed E-state index contributed by atoms with van der Waals surface area (Å²) in [7, 11) is 0. The fourth-order valence-electron chi connectivity index (χ4n) is 0.912. The highest BCUT2D eigenvalue weighted by atomic mass is 16.4. The van der Waals surface area contributed by atoms with Crippen molar-refractivity contribution in [3.63, 3.8) is 0 Å². The molecule has 13 heavy (non-hydrogen) atoms. The van der Waals surface area contributed by atoms with E-state index in [0.29, 0.717) is 11.1 Å². The molecule has 0 unspecified atom stereocenters. The van der Waals surface area contributed by atoms with E-state index < -0.39 is 17.4 Å². The summed E-state index contributed by atoms with van der Waals surface area (Å²) in [5.74, 6) is -2.67. The standard InChI is InChI=1S/C9H14O4/c1-5(2)6(3)9(4,7(10)11)8(12)13/h1-4H3,(H,10,11)(H,12,13). The third kappa shape index (κ3) is 1.88. The summed E-state index contributed by atoms with van der Waals surface area (Å²) in [6.45, 7) is 6.11. The lowest BCUT2D eigenvalue weighted by molar-refractivity contribution is -0.160. The molecule has 74 valence electrons. The predicted octanol–water partition coefficient (Wildman–Crippen LogP) is 1.52. The van der Waals surface area contributed by atoms with E-state index in [1.807, 2.05) is 0 Å². The van der Waals surface area contributed by atoms with Crippen molar-refractivity contribution in [3.05, 3.63) is 11.1 Å². The van der Waals surface area contributed by atoms with Crippen LogP contribution in [0.15, 0.2) is 11.1 Å². The number of rotatable bonds is 3. The van der Waals surface area contributed by atoms with Gasteiger partial charge in [0.15, 0.2) is 5.41 Å². The Balaban J connectivity index is 5.41. The van der Waals surface area contributed by atoms with E-state index in [4.69, 9.17) is 10.2 Å². The second kappa shape index (κ2) is 3.60. The lowest BCUT2D eigenvalue weighted by Crippen LogP contribution is -2.37. The molecule has 0 aromatic heterocycles. The minimum atomic E-state index is -1.81. The first-order valence-corrected chi connectivity index (χ1v) is 3.86. The molecule has 0 aliphatic heterocycles. The van der Waals surface area contributed by atoms with Crippen molar-refractivity contribution in [2.75, 3.05) is 0 Å². The highest BCUT2D eigenvalue weighted by Crippen LogP contribution is 2.29. The molecular formula is C9H14O4. The van der Waals surface area contributed by atoms with Crippen molar-refractivity contribution in [2.24, 2.45) is 5.41 Å². The van der Waals surface area contributed by atoms with Gasteiger partial charge in [0, 0.05) is 0 Å². The van der Waals surface area contributed by atoms with Crippen LogP contribution < -0.4 is 0 Å². The van der Waals surface area contributed by atoms with Crippen LogP contribution in [0, 0.1) is 5.41 Å². The fraction of sp³-hybridized carbons (Fsp3) is 0.556. The minimum Gasteiger partial charge on any atom is -0.480 e. The number of carboxylic acid groups (broad SMARTS) is 2. The minimum absolute atomic E-state index is 0.368. The van der Waals surface area contributed by atoms with Gasteiger partial charge in [0.25, 0.3) is 0 Å². The third-order valence-electron chi connectivity index (χ3n) is 2.36. The second-order valence-electron chi connectivity index (χ2n) is 3.36. The Bertz CT molecular complexity index is 257. The smallest absolute Gasteiger partial charge is 0.324 e. The average Bonchev–Trinajstić information content (AvgIpc) is 2.00. The number of allylic oxidation sites excluding steroid dienone is 1. The van der Waals surface area contributed by atoms with Gasteiger partial charge in [-0.3, -0.25) is 9.59 Å². The number of carbonyl (C=O) groups is 2. The maximum atomic E-state index is 10.8. The van der Waals surface area contributed by atoms with Crippen LogP contribution in [0.2, 0.25) is 0 Å². The van der Waals surface area contributed by atoms with E-state index in [-0.39, 0.29) is 0 Å². The lowest BCUT2D eigenvalue weighted by atomic mass is 9.81. The Kier molecular flexibility index (Phi) is 3.23. The zero-order chi connectivity index (χ0) is 10.8. The molecule has 4 heteroatoms. The van der Waals surface area contributed by atoms with Crippen molar-refractivity contribution < 1.29 is 19.8 Å². The molecule has 0 aliphatic carbocycles.